The maximum absolute atomic E-state index is 13.4. The van der Waals surface area contributed by atoms with Crippen molar-refractivity contribution >= 4 is 23.1 Å². The second kappa shape index (κ2) is 10.0. The Hall–Kier alpha value is -3.12. The van der Waals surface area contributed by atoms with Gasteiger partial charge in [0.1, 0.15) is 17.3 Å². The lowest BCUT2D eigenvalue weighted by Crippen LogP contribution is -2.31. The van der Waals surface area contributed by atoms with Gasteiger partial charge in [0.05, 0.1) is 25.1 Å². The van der Waals surface area contributed by atoms with Crippen molar-refractivity contribution in [3.63, 3.8) is 0 Å². The predicted molar refractivity (Wildman–Crippen MR) is 129 cm³/mol. The smallest absolute Gasteiger partial charge is 0.261 e. The van der Waals surface area contributed by atoms with Crippen molar-refractivity contribution in [2.75, 3.05) is 20.8 Å². The van der Waals surface area contributed by atoms with E-state index in [9.17, 15) is 4.79 Å². The first-order chi connectivity index (χ1) is 15.6. The molecule has 2 aromatic carbocycles. The highest BCUT2D eigenvalue weighted by atomic mass is 16.5. The van der Waals surface area contributed by atoms with E-state index in [0.29, 0.717) is 41.7 Å². The van der Waals surface area contributed by atoms with Gasteiger partial charge in [-0.2, -0.15) is 0 Å². The summed E-state index contributed by atoms with van der Waals surface area (Å²) in [5, 5.41) is 0.648. The molecule has 2 atom stereocenters. The molecule has 168 valence electrons. The zero-order valence-corrected chi connectivity index (χ0v) is 18.8. The van der Waals surface area contributed by atoms with Gasteiger partial charge in [0.25, 0.3) is 5.56 Å². The molecule has 2 unspecified atom stereocenters. The average molecular weight is 434 g/mol. The Morgan fingerprint density at radius 2 is 1.91 bits per heavy atom. The van der Waals surface area contributed by atoms with Crippen molar-refractivity contribution in [1.82, 2.24) is 9.55 Å². The fraction of sp³-hybridized carbons (Fsp3) is 0.385. The zero-order chi connectivity index (χ0) is 22.5. The number of nitrogens with two attached hydrogens (primary N) is 1. The highest BCUT2D eigenvalue weighted by molar-refractivity contribution is 5.79. The van der Waals surface area contributed by atoms with E-state index in [4.69, 9.17) is 20.2 Å². The van der Waals surface area contributed by atoms with Crippen LogP contribution in [0.2, 0.25) is 0 Å². The highest BCUT2D eigenvalue weighted by Crippen LogP contribution is 2.30. The van der Waals surface area contributed by atoms with Crippen LogP contribution >= 0.6 is 0 Å². The van der Waals surface area contributed by atoms with Crippen molar-refractivity contribution < 1.29 is 9.47 Å². The van der Waals surface area contributed by atoms with Crippen molar-refractivity contribution in [3.8, 4) is 11.5 Å². The van der Waals surface area contributed by atoms with Gasteiger partial charge in [0.2, 0.25) is 0 Å². The maximum Gasteiger partial charge on any atom is 0.261 e. The molecule has 1 fully saturated rings. The number of fused-ring (bicyclic) bond motifs is 1. The molecular weight excluding hydrogens is 402 g/mol. The zero-order valence-electron chi connectivity index (χ0n) is 18.8. The largest absolute Gasteiger partial charge is 0.497 e. The summed E-state index contributed by atoms with van der Waals surface area (Å²) in [6, 6.07) is 13.2. The molecule has 6 nitrogen and oxygen atoms in total. The van der Waals surface area contributed by atoms with Gasteiger partial charge in [-0.1, -0.05) is 18.6 Å². The molecule has 1 aromatic heterocycles. The Kier molecular flexibility index (Phi) is 6.90. The molecule has 32 heavy (non-hydrogen) atoms. The maximum atomic E-state index is 13.4. The van der Waals surface area contributed by atoms with E-state index >= 15 is 0 Å². The van der Waals surface area contributed by atoms with Crippen LogP contribution in [0.5, 0.6) is 11.5 Å². The normalized spacial score (nSPS) is 18.8. The topological polar surface area (TPSA) is 79.4 Å². The SMILES string of the molecule is COc1ccc(OC)c(C=Cc2nc3ccccc3c(=O)n2CC2CCCC(CN)C2)c1. The Balaban J connectivity index is 1.75. The minimum Gasteiger partial charge on any atom is -0.497 e. The second-order valence-corrected chi connectivity index (χ2v) is 8.48. The second-order valence-electron chi connectivity index (χ2n) is 8.48. The van der Waals surface area contributed by atoms with Crippen LogP contribution in [0.25, 0.3) is 23.1 Å². The molecule has 1 aliphatic carbocycles. The molecule has 2 N–H and O–H groups in total. The molecule has 0 aliphatic heterocycles. The van der Waals surface area contributed by atoms with E-state index in [1.165, 1.54) is 6.42 Å². The molecule has 4 rings (SSSR count). The molecule has 3 aromatic rings. The molecule has 1 heterocycles. The first-order valence-corrected chi connectivity index (χ1v) is 11.2. The lowest BCUT2D eigenvalue weighted by molar-refractivity contribution is 0.245. The number of methoxy groups -OCH3 is 2. The molecule has 6 heteroatoms. The number of hydrogen-bond acceptors (Lipinski definition) is 5. The van der Waals surface area contributed by atoms with E-state index in [1.54, 1.807) is 14.2 Å². The molecule has 0 amide bonds. The molecule has 0 bridgehead atoms. The van der Waals surface area contributed by atoms with E-state index in [1.807, 2.05) is 59.2 Å². The van der Waals surface area contributed by atoms with Gasteiger partial charge in [-0.05, 0) is 80.1 Å². The van der Waals surface area contributed by atoms with Crippen LogP contribution in [0.3, 0.4) is 0 Å². The lowest BCUT2D eigenvalue weighted by atomic mass is 9.81. The molecule has 1 aliphatic rings. The number of ether oxygens (including phenoxy) is 2. The van der Waals surface area contributed by atoms with Crippen LogP contribution in [0.1, 0.15) is 37.1 Å². The number of hydrogen-bond donors (Lipinski definition) is 1. The van der Waals surface area contributed by atoms with Crippen LogP contribution in [-0.4, -0.2) is 30.3 Å². The van der Waals surface area contributed by atoms with E-state index in [2.05, 4.69) is 0 Å². The fourth-order valence-corrected chi connectivity index (χ4v) is 4.66. The molecule has 0 spiro atoms. The van der Waals surface area contributed by atoms with E-state index < -0.39 is 0 Å². The minimum absolute atomic E-state index is 0.00253. The third-order valence-electron chi connectivity index (χ3n) is 6.41. The van der Waals surface area contributed by atoms with E-state index in [-0.39, 0.29) is 5.56 Å². The summed E-state index contributed by atoms with van der Waals surface area (Å²) in [5.74, 6) is 3.09. The summed E-state index contributed by atoms with van der Waals surface area (Å²) >= 11 is 0. The van der Waals surface area contributed by atoms with Crippen molar-refractivity contribution in [2.24, 2.45) is 17.6 Å². The van der Waals surface area contributed by atoms with Gasteiger partial charge in [0, 0.05) is 12.1 Å². The fourth-order valence-electron chi connectivity index (χ4n) is 4.66. The molecule has 0 saturated heterocycles. The summed E-state index contributed by atoms with van der Waals surface area (Å²) in [7, 11) is 3.27. The van der Waals surface area contributed by atoms with Gasteiger partial charge in [-0.25, -0.2) is 4.98 Å². The number of benzene rings is 2. The van der Waals surface area contributed by atoms with Crippen LogP contribution in [-0.2, 0) is 6.54 Å². The quantitative estimate of drug-likeness (QED) is 0.599. The summed E-state index contributed by atoms with van der Waals surface area (Å²) in [6.45, 7) is 1.37. The number of para-hydroxylation sites is 1. The monoisotopic (exact) mass is 433 g/mol. The first kappa shape index (κ1) is 22.1. The number of nitrogens with zero attached hydrogens (tertiary/aromatic N) is 2. The van der Waals surface area contributed by atoms with Gasteiger partial charge < -0.3 is 15.2 Å². The van der Waals surface area contributed by atoms with Crippen LogP contribution in [0.15, 0.2) is 47.3 Å². The summed E-state index contributed by atoms with van der Waals surface area (Å²) in [4.78, 5) is 18.3. The van der Waals surface area contributed by atoms with Gasteiger partial charge >= 0.3 is 0 Å². The minimum atomic E-state index is 0.00253. The first-order valence-electron chi connectivity index (χ1n) is 11.2. The Morgan fingerprint density at radius 1 is 1.09 bits per heavy atom. The van der Waals surface area contributed by atoms with Crippen molar-refractivity contribution in [3.05, 3.63) is 64.2 Å². The van der Waals surface area contributed by atoms with Crippen molar-refractivity contribution in [2.45, 2.75) is 32.2 Å². The molecule has 1 saturated carbocycles. The Morgan fingerprint density at radius 3 is 2.69 bits per heavy atom. The third kappa shape index (κ3) is 4.70. The van der Waals surface area contributed by atoms with Crippen molar-refractivity contribution in [1.29, 1.82) is 0 Å². The highest BCUT2D eigenvalue weighted by Gasteiger charge is 2.23. The summed E-state index contributed by atoms with van der Waals surface area (Å²) in [5.41, 5.74) is 7.51. The number of aromatic nitrogens is 2. The predicted octanol–water partition coefficient (Wildman–Crippen LogP) is 4.35. The summed E-state index contributed by atoms with van der Waals surface area (Å²) < 4.78 is 12.7. The van der Waals surface area contributed by atoms with Crippen LogP contribution in [0.4, 0.5) is 0 Å². The Bertz CT molecular complexity index is 1170. The van der Waals surface area contributed by atoms with Gasteiger partial charge in [-0.15, -0.1) is 0 Å². The average Bonchev–Trinajstić information content (AvgIpc) is 2.84. The standard InChI is InChI=1S/C26H31N3O3/c1-31-21-11-12-24(32-2)20(15-21)10-13-25-28-23-9-4-3-8-22(23)26(30)29(25)17-19-7-5-6-18(14-19)16-27/h3-4,8-13,15,18-19H,5-7,14,16-17,27H2,1-2H3. The van der Waals surface area contributed by atoms with Gasteiger partial charge in [0.15, 0.2) is 0 Å². The van der Waals surface area contributed by atoms with Crippen LogP contribution in [0, 0.1) is 11.8 Å². The molecule has 0 radical (unpaired) electrons. The van der Waals surface area contributed by atoms with E-state index in [0.717, 1.165) is 36.3 Å². The lowest BCUT2D eigenvalue weighted by Gasteiger charge is -2.29. The Labute approximate surface area is 188 Å². The third-order valence-corrected chi connectivity index (χ3v) is 6.41. The van der Waals surface area contributed by atoms with Gasteiger partial charge in [-0.3, -0.25) is 9.36 Å². The molecular formula is C26H31N3O3. The van der Waals surface area contributed by atoms with Crippen LogP contribution < -0.4 is 20.8 Å². The number of rotatable bonds is 7. The summed E-state index contributed by atoms with van der Waals surface area (Å²) in [6.07, 6.45) is 8.34.